The maximum absolute atomic E-state index is 3.94. The Hall–Kier alpha value is -0.720. The quantitative estimate of drug-likeness (QED) is 0.770. The Labute approximate surface area is 129 Å². The molecule has 0 aliphatic carbocycles. The fraction of sp³-hybridized carbons (Fsp3) is 0.385. The summed E-state index contributed by atoms with van der Waals surface area (Å²) < 4.78 is 4.06. The van der Waals surface area contributed by atoms with Gasteiger partial charge in [-0.05, 0) is 37.6 Å². The van der Waals surface area contributed by atoms with E-state index in [2.05, 4.69) is 72.6 Å². The number of halogens is 2. The number of benzene rings is 1. The molecule has 6 heteroatoms. The monoisotopic (exact) mass is 386 g/mol. The van der Waals surface area contributed by atoms with Gasteiger partial charge in [0, 0.05) is 27.7 Å². The van der Waals surface area contributed by atoms with Crippen LogP contribution < -0.4 is 5.32 Å². The average molecular weight is 388 g/mol. The van der Waals surface area contributed by atoms with E-state index in [1.54, 1.807) is 6.20 Å². The van der Waals surface area contributed by atoms with Gasteiger partial charge in [0.05, 0.1) is 6.20 Å². The molecular weight excluding hydrogens is 372 g/mol. The zero-order valence-electron chi connectivity index (χ0n) is 10.7. The molecule has 0 radical (unpaired) electrons. The molecule has 1 heterocycles. The van der Waals surface area contributed by atoms with Gasteiger partial charge < -0.3 is 5.32 Å². The molecule has 0 aliphatic heterocycles. The Morgan fingerprint density at radius 2 is 2.21 bits per heavy atom. The van der Waals surface area contributed by atoms with Crippen molar-refractivity contribution in [3.05, 3.63) is 45.1 Å². The lowest BCUT2D eigenvalue weighted by molar-refractivity contribution is 0.499. The van der Waals surface area contributed by atoms with Gasteiger partial charge in [0.2, 0.25) is 0 Å². The Morgan fingerprint density at radius 1 is 1.37 bits per heavy atom. The molecule has 4 nitrogen and oxygen atoms in total. The van der Waals surface area contributed by atoms with Crippen molar-refractivity contribution in [3.8, 4) is 0 Å². The van der Waals surface area contributed by atoms with Crippen LogP contribution in [-0.2, 0) is 6.54 Å². The molecule has 0 aliphatic rings. The molecule has 2 rings (SSSR count). The van der Waals surface area contributed by atoms with E-state index in [4.69, 9.17) is 0 Å². The number of aryl methyl sites for hydroxylation is 1. The van der Waals surface area contributed by atoms with Gasteiger partial charge in [0.25, 0.3) is 0 Å². The summed E-state index contributed by atoms with van der Waals surface area (Å²) in [6.07, 6.45) is 4.62. The largest absolute Gasteiger partial charge is 0.310 e. The second-order valence-corrected chi connectivity index (χ2v) is 6.13. The van der Waals surface area contributed by atoms with Crippen molar-refractivity contribution >= 4 is 31.9 Å². The van der Waals surface area contributed by atoms with E-state index in [0.717, 1.165) is 28.5 Å². The Balaban J connectivity index is 1.79. The number of rotatable bonds is 6. The molecule has 0 saturated heterocycles. The van der Waals surface area contributed by atoms with Crippen LogP contribution >= 0.6 is 31.9 Å². The Morgan fingerprint density at radius 3 is 2.89 bits per heavy atom. The first kappa shape index (κ1) is 14.7. The maximum atomic E-state index is 3.94. The minimum absolute atomic E-state index is 0.318. The summed E-state index contributed by atoms with van der Waals surface area (Å²) in [4.78, 5) is 0. The summed E-state index contributed by atoms with van der Waals surface area (Å²) in [6, 6.07) is 6.58. The van der Waals surface area contributed by atoms with Gasteiger partial charge in [-0.25, -0.2) is 0 Å². The SMILES string of the molecule is CC(NCCCn1ccnn1)c1ccc(Br)cc1Br. The fourth-order valence-electron chi connectivity index (χ4n) is 1.87. The topological polar surface area (TPSA) is 42.7 Å². The highest BCUT2D eigenvalue weighted by atomic mass is 79.9. The molecule has 1 aromatic carbocycles. The molecule has 19 heavy (non-hydrogen) atoms. The van der Waals surface area contributed by atoms with Crippen molar-refractivity contribution in [2.45, 2.75) is 25.9 Å². The highest BCUT2D eigenvalue weighted by molar-refractivity contribution is 9.11. The average Bonchev–Trinajstić information content (AvgIpc) is 2.87. The molecule has 1 unspecified atom stereocenters. The van der Waals surface area contributed by atoms with E-state index in [1.165, 1.54) is 5.56 Å². The summed E-state index contributed by atoms with van der Waals surface area (Å²) in [5, 5.41) is 11.2. The van der Waals surface area contributed by atoms with Crippen molar-refractivity contribution in [2.75, 3.05) is 6.54 Å². The number of nitrogens with one attached hydrogen (secondary N) is 1. The number of aromatic nitrogens is 3. The predicted octanol–water partition coefficient (Wildman–Crippen LogP) is 3.54. The zero-order chi connectivity index (χ0) is 13.7. The number of nitrogens with zero attached hydrogens (tertiary/aromatic N) is 3. The van der Waals surface area contributed by atoms with Crippen molar-refractivity contribution in [3.63, 3.8) is 0 Å². The second-order valence-electron chi connectivity index (χ2n) is 4.36. The second kappa shape index (κ2) is 7.17. The first-order valence-electron chi connectivity index (χ1n) is 6.19. The van der Waals surface area contributed by atoms with Gasteiger partial charge in [-0.1, -0.05) is 43.1 Å². The normalized spacial score (nSPS) is 12.6. The summed E-state index contributed by atoms with van der Waals surface area (Å²) in [7, 11) is 0. The van der Waals surface area contributed by atoms with Gasteiger partial charge in [0.15, 0.2) is 0 Å². The standard InChI is InChI=1S/C13H16Br2N4/c1-10(12-4-3-11(14)9-13(12)15)16-5-2-7-19-8-6-17-18-19/h3-4,6,8-10,16H,2,5,7H2,1H3. The molecule has 1 atom stereocenters. The third-order valence-electron chi connectivity index (χ3n) is 2.92. The van der Waals surface area contributed by atoms with Crippen LogP contribution in [0.15, 0.2) is 39.5 Å². The smallest absolute Gasteiger partial charge is 0.0692 e. The van der Waals surface area contributed by atoms with Gasteiger partial charge in [-0.2, -0.15) is 0 Å². The van der Waals surface area contributed by atoms with Crippen molar-refractivity contribution in [1.29, 1.82) is 0 Å². The third kappa shape index (κ3) is 4.40. The third-order valence-corrected chi connectivity index (χ3v) is 4.10. The zero-order valence-corrected chi connectivity index (χ0v) is 13.9. The molecule has 0 bridgehead atoms. The van der Waals surface area contributed by atoms with Gasteiger partial charge >= 0.3 is 0 Å². The van der Waals surface area contributed by atoms with Crippen molar-refractivity contribution in [1.82, 2.24) is 20.3 Å². The highest BCUT2D eigenvalue weighted by Crippen LogP contribution is 2.26. The van der Waals surface area contributed by atoms with E-state index in [9.17, 15) is 0 Å². The van der Waals surface area contributed by atoms with E-state index in [0.29, 0.717) is 6.04 Å². The first-order valence-corrected chi connectivity index (χ1v) is 7.78. The van der Waals surface area contributed by atoms with Crippen molar-refractivity contribution < 1.29 is 0 Å². The minimum atomic E-state index is 0.318. The van der Waals surface area contributed by atoms with E-state index >= 15 is 0 Å². The molecule has 1 N–H and O–H groups in total. The van der Waals surface area contributed by atoms with Gasteiger partial charge in [-0.3, -0.25) is 4.68 Å². The van der Waals surface area contributed by atoms with E-state index < -0.39 is 0 Å². The number of hydrogen-bond donors (Lipinski definition) is 1. The van der Waals surface area contributed by atoms with Gasteiger partial charge in [-0.15, -0.1) is 5.10 Å². The molecule has 0 spiro atoms. The molecular formula is C13H16Br2N4. The first-order chi connectivity index (χ1) is 9.16. The van der Waals surface area contributed by atoms with E-state index in [-0.39, 0.29) is 0 Å². The molecule has 0 fully saturated rings. The number of hydrogen-bond acceptors (Lipinski definition) is 3. The predicted molar refractivity (Wildman–Crippen MR) is 82.9 cm³/mol. The summed E-state index contributed by atoms with van der Waals surface area (Å²) >= 11 is 7.06. The van der Waals surface area contributed by atoms with Crippen LogP contribution in [-0.4, -0.2) is 21.5 Å². The van der Waals surface area contributed by atoms with Crippen LogP contribution in [0.1, 0.15) is 24.9 Å². The van der Waals surface area contributed by atoms with Crippen LogP contribution in [0.4, 0.5) is 0 Å². The van der Waals surface area contributed by atoms with Crippen LogP contribution in [0.25, 0.3) is 0 Å². The summed E-state index contributed by atoms with van der Waals surface area (Å²) in [5.74, 6) is 0. The Bertz CT molecular complexity index is 513. The maximum Gasteiger partial charge on any atom is 0.0692 e. The highest BCUT2D eigenvalue weighted by Gasteiger charge is 2.08. The molecule has 0 amide bonds. The lowest BCUT2D eigenvalue weighted by Gasteiger charge is -2.16. The molecule has 2 aromatic rings. The fourth-order valence-corrected chi connectivity index (χ4v) is 3.26. The van der Waals surface area contributed by atoms with Crippen LogP contribution in [0, 0.1) is 0 Å². The summed E-state index contributed by atoms with van der Waals surface area (Å²) in [6.45, 7) is 4.01. The molecule has 1 aromatic heterocycles. The Kier molecular flexibility index (Phi) is 5.54. The minimum Gasteiger partial charge on any atom is -0.310 e. The van der Waals surface area contributed by atoms with Crippen LogP contribution in [0.2, 0.25) is 0 Å². The van der Waals surface area contributed by atoms with Crippen LogP contribution in [0.3, 0.4) is 0 Å². The molecule has 0 saturated carbocycles. The van der Waals surface area contributed by atoms with E-state index in [1.807, 2.05) is 10.9 Å². The lowest BCUT2D eigenvalue weighted by Crippen LogP contribution is -2.21. The summed E-state index contributed by atoms with van der Waals surface area (Å²) in [5.41, 5.74) is 1.27. The van der Waals surface area contributed by atoms with Gasteiger partial charge in [0.1, 0.15) is 0 Å². The molecule has 102 valence electrons. The van der Waals surface area contributed by atoms with Crippen LogP contribution in [0.5, 0.6) is 0 Å². The lowest BCUT2D eigenvalue weighted by atomic mass is 10.1. The van der Waals surface area contributed by atoms with Crippen molar-refractivity contribution in [2.24, 2.45) is 0 Å².